The summed E-state index contributed by atoms with van der Waals surface area (Å²) in [7, 11) is 1.88. The lowest BCUT2D eigenvalue weighted by Gasteiger charge is -2.16. The molecule has 0 aliphatic carbocycles. The van der Waals surface area contributed by atoms with E-state index in [1.165, 1.54) is 0 Å². The molecule has 4 rings (SSSR count). The number of rotatable bonds is 2. The van der Waals surface area contributed by atoms with Crippen molar-refractivity contribution in [3.63, 3.8) is 0 Å². The van der Waals surface area contributed by atoms with Crippen molar-refractivity contribution in [2.24, 2.45) is 12.8 Å². The zero-order valence-electron chi connectivity index (χ0n) is 15.5. The van der Waals surface area contributed by atoms with Crippen LogP contribution in [0.5, 0.6) is 5.75 Å². The predicted octanol–water partition coefficient (Wildman–Crippen LogP) is 2.22. The molecule has 0 aliphatic rings. The van der Waals surface area contributed by atoms with Crippen LogP contribution in [0.1, 0.15) is 27.2 Å². The maximum absolute atomic E-state index is 12.2. The number of aryl methyl sites for hydroxylation is 3. The molecule has 8 nitrogen and oxygen atoms in total. The van der Waals surface area contributed by atoms with Crippen molar-refractivity contribution in [1.82, 2.24) is 19.1 Å². The summed E-state index contributed by atoms with van der Waals surface area (Å²) >= 11 is 0. The van der Waals surface area contributed by atoms with E-state index in [-0.39, 0.29) is 17.1 Å². The number of carbonyl (C=O) groups excluding carboxylic acids is 1. The average Bonchev–Trinajstić information content (AvgIpc) is 3.10. The molecule has 3 aromatic heterocycles. The fourth-order valence-corrected chi connectivity index (χ4v) is 3.80. The molecule has 0 unspecified atom stereocenters. The predicted molar refractivity (Wildman–Crippen MR) is 104 cm³/mol. The van der Waals surface area contributed by atoms with E-state index >= 15 is 0 Å². The minimum atomic E-state index is -0.658. The molecule has 0 saturated heterocycles. The van der Waals surface area contributed by atoms with Gasteiger partial charge in [0.05, 0.1) is 23.2 Å². The Morgan fingerprint density at radius 1 is 1.15 bits per heavy atom. The van der Waals surface area contributed by atoms with Crippen LogP contribution in [0, 0.1) is 20.8 Å². The second-order valence-electron chi connectivity index (χ2n) is 6.78. The Kier molecular flexibility index (Phi) is 3.42. The third kappa shape index (κ3) is 2.13. The molecular weight excluding hydrogens is 344 g/mol. The van der Waals surface area contributed by atoms with Crippen LogP contribution in [0.4, 0.5) is 5.82 Å². The third-order valence-corrected chi connectivity index (χ3v) is 5.04. The number of anilines is 1. The summed E-state index contributed by atoms with van der Waals surface area (Å²) in [5.41, 5.74) is 17.6. The van der Waals surface area contributed by atoms with Gasteiger partial charge in [0.15, 0.2) is 0 Å². The van der Waals surface area contributed by atoms with E-state index in [9.17, 15) is 9.90 Å². The first-order valence-electron chi connectivity index (χ1n) is 8.44. The van der Waals surface area contributed by atoms with Gasteiger partial charge in [0.2, 0.25) is 0 Å². The second kappa shape index (κ2) is 5.47. The van der Waals surface area contributed by atoms with Gasteiger partial charge in [0.25, 0.3) is 5.91 Å². The lowest BCUT2D eigenvalue weighted by atomic mass is 10.1. The lowest BCUT2D eigenvalue weighted by Crippen LogP contribution is -2.14. The van der Waals surface area contributed by atoms with Gasteiger partial charge in [-0.2, -0.15) is 0 Å². The van der Waals surface area contributed by atoms with Crippen molar-refractivity contribution in [2.45, 2.75) is 20.8 Å². The molecule has 138 valence electrons. The molecule has 0 saturated carbocycles. The molecule has 1 aromatic carbocycles. The minimum absolute atomic E-state index is 0.134. The molecule has 0 atom stereocenters. The third-order valence-electron chi connectivity index (χ3n) is 5.04. The first-order valence-corrected chi connectivity index (χ1v) is 8.44. The summed E-state index contributed by atoms with van der Waals surface area (Å²) in [6.07, 6.45) is 1.69. The quantitative estimate of drug-likeness (QED) is 0.503. The number of nitrogens with two attached hydrogens (primary N) is 2. The van der Waals surface area contributed by atoms with Gasteiger partial charge in [-0.3, -0.25) is 9.36 Å². The number of amides is 1. The van der Waals surface area contributed by atoms with Crippen LogP contribution in [0.3, 0.4) is 0 Å². The maximum atomic E-state index is 12.2. The number of primary amides is 1. The van der Waals surface area contributed by atoms with E-state index in [0.29, 0.717) is 27.8 Å². The lowest BCUT2D eigenvalue weighted by molar-refractivity contribution is 0.100. The number of nitrogens with zero attached hydrogens (tertiary/aromatic N) is 4. The highest BCUT2D eigenvalue weighted by atomic mass is 16.3. The number of benzene rings is 1. The summed E-state index contributed by atoms with van der Waals surface area (Å²) in [4.78, 5) is 21.3. The Labute approximate surface area is 155 Å². The molecule has 0 aliphatic heterocycles. The number of carbonyl (C=O) groups is 1. The number of hydrogen-bond acceptors (Lipinski definition) is 5. The highest BCUT2D eigenvalue weighted by Gasteiger charge is 2.27. The SMILES string of the molecule is Cc1ccc(O)c(C)c1-n1c(N)c(C(N)=O)c2nc(C)c3c(ncn3C)c21. The van der Waals surface area contributed by atoms with Crippen molar-refractivity contribution in [3.05, 3.63) is 40.8 Å². The van der Waals surface area contributed by atoms with Gasteiger partial charge in [-0.1, -0.05) is 6.07 Å². The minimum Gasteiger partial charge on any atom is -0.508 e. The van der Waals surface area contributed by atoms with E-state index in [1.807, 2.05) is 25.5 Å². The van der Waals surface area contributed by atoms with Crippen LogP contribution in [-0.4, -0.2) is 30.1 Å². The number of imidazole rings is 1. The topological polar surface area (TPSA) is 125 Å². The van der Waals surface area contributed by atoms with Gasteiger partial charge in [0, 0.05) is 12.6 Å². The summed E-state index contributed by atoms with van der Waals surface area (Å²) in [5.74, 6) is -0.344. The van der Waals surface area contributed by atoms with E-state index < -0.39 is 5.91 Å². The number of phenolic OH excluding ortho intramolecular Hbond substituents is 1. The highest BCUT2D eigenvalue weighted by molar-refractivity contribution is 6.16. The van der Waals surface area contributed by atoms with Crippen molar-refractivity contribution in [2.75, 3.05) is 5.73 Å². The monoisotopic (exact) mass is 364 g/mol. The molecule has 1 amide bonds. The Hall–Kier alpha value is -3.55. The van der Waals surface area contributed by atoms with Crippen LogP contribution in [-0.2, 0) is 7.05 Å². The average molecular weight is 364 g/mol. The molecule has 4 aromatic rings. The molecule has 0 bridgehead atoms. The fourth-order valence-electron chi connectivity index (χ4n) is 3.80. The first-order chi connectivity index (χ1) is 12.7. The summed E-state index contributed by atoms with van der Waals surface area (Å²) in [5, 5.41) is 10.2. The number of pyridine rings is 1. The van der Waals surface area contributed by atoms with Crippen molar-refractivity contribution >= 4 is 33.8 Å². The summed E-state index contributed by atoms with van der Waals surface area (Å²) in [6, 6.07) is 3.42. The summed E-state index contributed by atoms with van der Waals surface area (Å²) < 4.78 is 3.60. The van der Waals surface area contributed by atoms with Gasteiger partial charge >= 0.3 is 0 Å². The van der Waals surface area contributed by atoms with E-state index in [2.05, 4.69) is 9.97 Å². The van der Waals surface area contributed by atoms with Crippen LogP contribution in [0.2, 0.25) is 0 Å². The smallest absolute Gasteiger partial charge is 0.254 e. The number of aromatic hydroxyl groups is 1. The van der Waals surface area contributed by atoms with Crippen molar-refractivity contribution < 1.29 is 9.90 Å². The van der Waals surface area contributed by atoms with Crippen LogP contribution < -0.4 is 11.5 Å². The number of aromatic nitrogens is 4. The molecule has 27 heavy (non-hydrogen) atoms. The van der Waals surface area contributed by atoms with E-state index in [1.54, 1.807) is 30.0 Å². The van der Waals surface area contributed by atoms with Gasteiger partial charge in [0.1, 0.15) is 33.7 Å². The highest BCUT2D eigenvalue weighted by Crippen LogP contribution is 2.38. The molecular formula is C19H20N6O2. The first kappa shape index (κ1) is 16.9. The Morgan fingerprint density at radius 3 is 2.52 bits per heavy atom. The number of fused-ring (bicyclic) bond motifs is 3. The van der Waals surface area contributed by atoms with Gasteiger partial charge in [-0.15, -0.1) is 0 Å². The fraction of sp³-hybridized carbons (Fsp3) is 0.211. The Bertz CT molecular complexity index is 1270. The van der Waals surface area contributed by atoms with Gasteiger partial charge in [-0.25, -0.2) is 9.97 Å². The summed E-state index contributed by atoms with van der Waals surface area (Å²) in [6.45, 7) is 5.56. The normalized spacial score (nSPS) is 11.6. The Balaban J connectivity index is 2.33. The largest absolute Gasteiger partial charge is 0.508 e. The molecule has 8 heteroatoms. The van der Waals surface area contributed by atoms with Crippen molar-refractivity contribution in [1.29, 1.82) is 0 Å². The van der Waals surface area contributed by atoms with Crippen LogP contribution in [0.15, 0.2) is 18.5 Å². The number of nitrogen functional groups attached to an aromatic ring is 1. The zero-order valence-corrected chi connectivity index (χ0v) is 15.5. The van der Waals surface area contributed by atoms with Crippen molar-refractivity contribution in [3.8, 4) is 11.4 Å². The van der Waals surface area contributed by atoms with E-state index in [4.69, 9.17) is 11.5 Å². The molecule has 3 heterocycles. The second-order valence-corrected chi connectivity index (χ2v) is 6.78. The van der Waals surface area contributed by atoms with E-state index in [0.717, 1.165) is 16.8 Å². The molecule has 0 spiro atoms. The molecule has 0 fully saturated rings. The maximum Gasteiger partial charge on any atom is 0.254 e. The van der Waals surface area contributed by atoms with Gasteiger partial charge in [-0.05, 0) is 32.4 Å². The Morgan fingerprint density at radius 2 is 1.85 bits per heavy atom. The molecule has 0 radical (unpaired) electrons. The zero-order chi connectivity index (χ0) is 19.6. The van der Waals surface area contributed by atoms with Crippen LogP contribution in [0.25, 0.3) is 27.8 Å². The number of hydrogen-bond donors (Lipinski definition) is 3. The van der Waals surface area contributed by atoms with Crippen LogP contribution >= 0.6 is 0 Å². The van der Waals surface area contributed by atoms with Gasteiger partial charge < -0.3 is 21.1 Å². The molecule has 5 N–H and O–H groups in total. The number of phenols is 1. The standard InChI is InChI=1S/C19H20N6O2/c1-8-5-6-11(26)9(2)15(8)25-17-13(12(18(25)20)19(21)27)23-10(3)16-14(17)22-7-24(16)4/h5-7,26H,20H2,1-4H3,(H2,21,27).